The normalized spacial score (nSPS) is 12.2. The fourth-order valence-corrected chi connectivity index (χ4v) is 2.91. The number of carbonyl (C=O) groups is 1. The van der Waals surface area contributed by atoms with E-state index in [0.29, 0.717) is 6.61 Å². The monoisotopic (exact) mass is 362 g/mol. The molecule has 0 unspecified atom stereocenters. The van der Waals surface area contributed by atoms with E-state index in [-0.39, 0.29) is 17.3 Å². The molecule has 0 bridgehead atoms. The second kappa shape index (κ2) is 9.99. The van der Waals surface area contributed by atoms with Gasteiger partial charge in [0.1, 0.15) is 5.75 Å². The van der Waals surface area contributed by atoms with Crippen LogP contribution in [-0.4, -0.2) is 17.7 Å². The number of rotatable bonds is 12. The molecule has 3 nitrogen and oxygen atoms in total. The molecule has 0 fully saturated rings. The van der Waals surface area contributed by atoms with Gasteiger partial charge in [0.15, 0.2) is 0 Å². The van der Waals surface area contributed by atoms with Crippen LogP contribution in [0.3, 0.4) is 0 Å². The van der Waals surface area contributed by atoms with E-state index in [4.69, 9.17) is 9.84 Å². The summed E-state index contributed by atoms with van der Waals surface area (Å²) in [5.41, 5.74) is 2.92. The quantitative estimate of drug-likeness (QED) is 0.433. The second-order valence-electron chi connectivity index (χ2n) is 8.59. The molecule has 1 N–H and O–H groups in total. The maximum absolute atomic E-state index is 10.5. The van der Waals surface area contributed by atoms with Gasteiger partial charge in [-0.3, -0.25) is 4.79 Å². The number of hydrogen-bond donors (Lipinski definition) is 1. The highest BCUT2D eigenvalue weighted by molar-refractivity contribution is 5.66. The van der Waals surface area contributed by atoms with Crippen LogP contribution < -0.4 is 4.74 Å². The smallest absolute Gasteiger partial charge is 0.303 e. The van der Waals surface area contributed by atoms with E-state index in [2.05, 4.69) is 59.7 Å². The molecule has 0 aliphatic rings. The van der Waals surface area contributed by atoms with Crippen LogP contribution in [0.15, 0.2) is 18.2 Å². The molecular weight excluding hydrogens is 324 g/mol. The van der Waals surface area contributed by atoms with Crippen LogP contribution in [-0.2, 0) is 15.6 Å². The van der Waals surface area contributed by atoms with Crippen molar-refractivity contribution in [2.45, 2.75) is 97.3 Å². The zero-order chi connectivity index (χ0) is 19.8. The van der Waals surface area contributed by atoms with Crippen molar-refractivity contribution >= 4 is 5.97 Å². The van der Waals surface area contributed by atoms with Crippen molar-refractivity contribution in [3.63, 3.8) is 0 Å². The summed E-state index contributed by atoms with van der Waals surface area (Å²) < 4.78 is 6.14. The lowest BCUT2D eigenvalue weighted by Crippen LogP contribution is -2.21. The molecule has 1 aromatic rings. The first-order valence-electron chi connectivity index (χ1n) is 10.1. The predicted molar refractivity (Wildman–Crippen MR) is 109 cm³/mol. The molecule has 0 radical (unpaired) electrons. The Balaban J connectivity index is 2.76. The molecule has 0 aliphatic carbocycles. The molecule has 0 saturated carbocycles. The number of benzene rings is 1. The van der Waals surface area contributed by atoms with Crippen LogP contribution in [0.4, 0.5) is 0 Å². The summed E-state index contributed by atoms with van der Waals surface area (Å²) in [6, 6.07) is 6.69. The number of unbranched alkanes of at least 4 members (excludes halogenated alkanes) is 3. The average molecular weight is 363 g/mol. The minimum atomic E-state index is -0.706. The zero-order valence-electron chi connectivity index (χ0n) is 17.7. The first kappa shape index (κ1) is 22.5. The lowest BCUT2D eigenvalue weighted by molar-refractivity contribution is -0.137. The third-order valence-electron chi connectivity index (χ3n) is 5.80. The van der Waals surface area contributed by atoms with E-state index in [9.17, 15) is 4.79 Å². The molecule has 0 heterocycles. The number of hydrogen-bond acceptors (Lipinski definition) is 2. The van der Waals surface area contributed by atoms with Crippen LogP contribution in [0.5, 0.6) is 5.75 Å². The van der Waals surface area contributed by atoms with Gasteiger partial charge in [-0.25, -0.2) is 0 Å². The summed E-state index contributed by atoms with van der Waals surface area (Å²) in [4.78, 5) is 10.5. The highest BCUT2D eigenvalue weighted by Crippen LogP contribution is 2.38. The summed E-state index contributed by atoms with van der Waals surface area (Å²) in [5, 5.41) is 8.67. The van der Waals surface area contributed by atoms with Crippen molar-refractivity contribution in [3.8, 4) is 5.75 Å². The van der Waals surface area contributed by atoms with Crippen molar-refractivity contribution in [2.24, 2.45) is 0 Å². The Labute approximate surface area is 160 Å². The lowest BCUT2D eigenvalue weighted by atomic mass is 9.76. The van der Waals surface area contributed by atoms with Crippen molar-refractivity contribution < 1.29 is 14.6 Å². The Morgan fingerprint density at radius 2 is 1.58 bits per heavy atom. The molecule has 0 saturated heterocycles. The molecule has 0 aromatic heterocycles. The van der Waals surface area contributed by atoms with Crippen molar-refractivity contribution in [1.29, 1.82) is 0 Å². The van der Waals surface area contributed by atoms with Crippen LogP contribution in [0.1, 0.15) is 97.6 Å². The summed E-state index contributed by atoms with van der Waals surface area (Å²) in [7, 11) is 0. The molecule has 0 atom stereocenters. The van der Waals surface area contributed by atoms with Gasteiger partial charge in [-0.05, 0) is 48.1 Å². The van der Waals surface area contributed by atoms with Gasteiger partial charge in [0.05, 0.1) is 6.61 Å². The number of carboxylic acids is 1. The Bertz CT molecular complexity index is 573. The zero-order valence-corrected chi connectivity index (χ0v) is 17.7. The maximum Gasteiger partial charge on any atom is 0.303 e. The van der Waals surface area contributed by atoms with Crippen LogP contribution in [0.25, 0.3) is 0 Å². The Morgan fingerprint density at radius 1 is 0.962 bits per heavy atom. The third kappa shape index (κ3) is 6.66. The Kier molecular flexibility index (Phi) is 8.66. The summed E-state index contributed by atoms with van der Waals surface area (Å²) in [5.74, 6) is 0.292. The fraction of sp³-hybridized carbons (Fsp3) is 0.696. The average Bonchev–Trinajstić information content (AvgIpc) is 2.60. The molecule has 26 heavy (non-hydrogen) atoms. The first-order valence-corrected chi connectivity index (χ1v) is 10.1. The van der Waals surface area contributed by atoms with Gasteiger partial charge in [-0.2, -0.15) is 0 Å². The SMILES string of the molecule is CCC(C)(C)c1ccc(OCCCCCCC(=O)O)c(C(C)(C)CC)c1. The van der Waals surface area contributed by atoms with Gasteiger partial charge in [0.25, 0.3) is 0 Å². The predicted octanol–water partition coefficient (Wildman–Crippen LogP) is 6.48. The van der Waals surface area contributed by atoms with Gasteiger partial charge in [-0.15, -0.1) is 0 Å². The Morgan fingerprint density at radius 3 is 2.15 bits per heavy atom. The summed E-state index contributed by atoms with van der Waals surface area (Å²) in [6.07, 6.45) is 6.12. The molecule has 3 heteroatoms. The van der Waals surface area contributed by atoms with E-state index in [1.165, 1.54) is 11.1 Å². The minimum absolute atomic E-state index is 0.0800. The number of ether oxygens (including phenoxy) is 1. The molecule has 148 valence electrons. The molecule has 0 amide bonds. The molecule has 1 rings (SSSR count). The highest BCUT2D eigenvalue weighted by Gasteiger charge is 2.26. The lowest BCUT2D eigenvalue weighted by Gasteiger charge is -2.30. The van der Waals surface area contributed by atoms with E-state index in [0.717, 1.165) is 44.3 Å². The number of carboxylic acid groups (broad SMARTS) is 1. The van der Waals surface area contributed by atoms with E-state index >= 15 is 0 Å². The van der Waals surface area contributed by atoms with Crippen molar-refractivity contribution in [1.82, 2.24) is 0 Å². The van der Waals surface area contributed by atoms with Crippen LogP contribution in [0.2, 0.25) is 0 Å². The minimum Gasteiger partial charge on any atom is -0.493 e. The van der Waals surface area contributed by atoms with Gasteiger partial charge in [0.2, 0.25) is 0 Å². The highest BCUT2D eigenvalue weighted by atomic mass is 16.5. The third-order valence-corrected chi connectivity index (χ3v) is 5.80. The maximum atomic E-state index is 10.5. The van der Waals surface area contributed by atoms with Crippen molar-refractivity contribution in [2.75, 3.05) is 6.61 Å². The fourth-order valence-electron chi connectivity index (χ4n) is 2.91. The van der Waals surface area contributed by atoms with E-state index < -0.39 is 5.97 Å². The van der Waals surface area contributed by atoms with Gasteiger partial charge >= 0.3 is 5.97 Å². The van der Waals surface area contributed by atoms with E-state index in [1.807, 2.05) is 0 Å². The Hall–Kier alpha value is -1.51. The van der Waals surface area contributed by atoms with Gasteiger partial charge < -0.3 is 9.84 Å². The first-order chi connectivity index (χ1) is 12.1. The molecule has 0 spiro atoms. The van der Waals surface area contributed by atoms with Crippen LogP contribution in [0, 0.1) is 0 Å². The molecule has 1 aromatic carbocycles. The van der Waals surface area contributed by atoms with Crippen LogP contribution >= 0.6 is 0 Å². The summed E-state index contributed by atoms with van der Waals surface area (Å²) in [6.45, 7) is 14.3. The largest absolute Gasteiger partial charge is 0.493 e. The van der Waals surface area contributed by atoms with Gasteiger partial charge in [0, 0.05) is 12.0 Å². The second-order valence-corrected chi connectivity index (χ2v) is 8.59. The summed E-state index contributed by atoms with van der Waals surface area (Å²) >= 11 is 0. The topological polar surface area (TPSA) is 46.5 Å². The van der Waals surface area contributed by atoms with E-state index in [1.54, 1.807) is 0 Å². The van der Waals surface area contributed by atoms with Gasteiger partial charge in [-0.1, -0.05) is 66.5 Å². The molecular formula is C23H38O3. The number of aliphatic carboxylic acids is 1. The molecule has 0 aliphatic heterocycles. The van der Waals surface area contributed by atoms with Crippen molar-refractivity contribution in [3.05, 3.63) is 29.3 Å². The standard InChI is InChI=1S/C23H38O3/c1-7-22(3,4)18-14-15-20(19(17-18)23(5,6)8-2)26-16-12-10-9-11-13-21(24)25/h14-15,17H,7-13,16H2,1-6H3,(H,24,25).